The Balaban J connectivity index is 2.07. The van der Waals surface area contributed by atoms with E-state index >= 15 is 0 Å². The van der Waals surface area contributed by atoms with Gasteiger partial charge in [0.15, 0.2) is 24.5 Å². The Hall–Kier alpha value is -2.91. The van der Waals surface area contributed by atoms with Crippen molar-refractivity contribution in [3.05, 3.63) is 36.0 Å². The van der Waals surface area contributed by atoms with Crippen molar-refractivity contribution < 1.29 is 38.4 Å². The second kappa shape index (κ2) is 8.62. The summed E-state index contributed by atoms with van der Waals surface area (Å²) in [6.07, 6.45) is -2.23. The Kier molecular flexibility index (Phi) is 6.19. The van der Waals surface area contributed by atoms with Crippen LogP contribution in [0.25, 0.3) is 10.9 Å². The van der Waals surface area contributed by atoms with Gasteiger partial charge in [0.05, 0.1) is 18.7 Å². The minimum absolute atomic E-state index is 0.0685. The standard InChI is InChI=1S/C20H23NO8/c1-11(23)27-17-10-26-20(19(29-13(3)25)18(17)28-12(2)24)21-8-14(9-22)15-6-4-5-7-16(15)21/h4-8,17-20,22H,9-10H2,1-3H3. The number of aromatic nitrogens is 1. The van der Waals surface area contributed by atoms with Crippen LogP contribution in [0.4, 0.5) is 0 Å². The fraction of sp³-hybridized carbons (Fsp3) is 0.450. The molecule has 156 valence electrons. The smallest absolute Gasteiger partial charge is 0.303 e. The van der Waals surface area contributed by atoms with Crippen LogP contribution in [-0.2, 0) is 39.9 Å². The number of aliphatic hydroxyl groups is 1. The number of para-hydroxylation sites is 1. The molecular weight excluding hydrogens is 382 g/mol. The van der Waals surface area contributed by atoms with Crippen molar-refractivity contribution in [2.75, 3.05) is 6.61 Å². The number of carbonyl (C=O) groups excluding carboxylic acids is 3. The normalized spacial score (nSPS) is 24.1. The van der Waals surface area contributed by atoms with Gasteiger partial charge in [0.2, 0.25) is 0 Å². The first kappa shape index (κ1) is 20.8. The molecule has 0 bridgehead atoms. The van der Waals surface area contributed by atoms with E-state index in [9.17, 15) is 19.5 Å². The van der Waals surface area contributed by atoms with Crippen molar-refractivity contribution in [3.8, 4) is 0 Å². The van der Waals surface area contributed by atoms with Crippen molar-refractivity contribution >= 4 is 28.8 Å². The molecule has 1 saturated heterocycles. The van der Waals surface area contributed by atoms with Gasteiger partial charge < -0.3 is 28.6 Å². The Morgan fingerprint density at radius 2 is 1.66 bits per heavy atom. The molecule has 1 fully saturated rings. The molecule has 4 unspecified atom stereocenters. The lowest BCUT2D eigenvalue weighted by atomic mass is 10.0. The molecular formula is C20H23NO8. The minimum atomic E-state index is -1.07. The van der Waals surface area contributed by atoms with Gasteiger partial charge in [-0.05, 0) is 6.07 Å². The fourth-order valence-electron chi connectivity index (χ4n) is 3.58. The van der Waals surface area contributed by atoms with E-state index in [-0.39, 0.29) is 13.2 Å². The lowest BCUT2D eigenvalue weighted by molar-refractivity contribution is -0.239. The number of fused-ring (bicyclic) bond motifs is 1. The monoisotopic (exact) mass is 405 g/mol. The van der Waals surface area contributed by atoms with Gasteiger partial charge in [-0.2, -0.15) is 0 Å². The summed E-state index contributed by atoms with van der Waals surface area (Å²) in [5.41, 5.74) is 1.41. The second-order valence-electron chi connectivity index (χ2n) is 6.76. The van der Waals surface area contributed by atoms with Crippen LogP contribution in [0.2, 0.25) is 0 Å². The maximum Gasteiger partial charge on any atom is 0.303 e. The zero-order valence-electron chi connectivity index (χ0n) is 16.4. The average molecular weight is 405 g/mol. The fourth-order valence-corrected chi connectivity index (χ4v) is 3.58. The van der Waals surface area contributed by atoms with E-state index in [1.165, 1.54) is 20.8 Å². The van der Waals surface area contributed by atoms with E-state index in [2.05, 4.69) is 0 Å². The number of carbonyl (C=O) groups is 3. The van der Waals surface area contributed by atoms with Crippen molar-refractivity contribution in [1.82, 2.24) is 4.57 Å². The number of nitrogens with zero attached hydrogens (tertiary/aromatic N) is 1. The molecule has 9 nitrogen and oxygen atoms in total. The first-order valence-corrected chi connectivity index (χ1v) is 9.14. The van der Waals surface area contributed by atoms with Crippen LogP contribution < -0.4 is 0 Å². The molecule has 29 heavy (non-hydrogen) atoms. The van der Waals surface area contributed by atoms with E-state index in [0.717, 1.165) is 10.9 Å². The minimum Gasteiger partial charge on any atom is -0.456 e. The van der Waals surface area contributed by atoms with Crippen molar-refractivity contribution in [3.63, 3.8) is 0 Å². The Labute approximate surface area is 167 Å². The number of hydrogen-bond acceptors (Lipinski definition) is 8. The van der Waals surface area contributed by atoms with Gasteiger partial charge in [0, 0.05) is 37.9 Å². The number of benzene rings is 1. The molecule has 3 rings (SSSR count). The number of esters is 3. The van der Waals surface area contributed by atoms with Crippen molar-refractivity contribution in [2.24, 2.45) is 0 Å². The molecule has 0 spiro atoms. The molecule has 4 atom stereocenters. The lowest BCUT2D eigenvalue weighted by Gasteiger charge is -2.41. The number of ether oxygens (including phenoxy) is 4. The highest BCUT2D eigenvalue weighted by molar-refractivity contribution is 5.84. The highest BCUT2D eigenvalue weighted by Crippen LogP contribution is 2.34. The zero-order chi connectivity index (χ0) is 21.1. The summed E-state index contributed by atoms with van der Waals surface area (Å²) in [5, 5.41) is 10.5. The molecule has 1 aliphatic heterocycles. The third-order valence-corrected chi connectivity index (χ3v) is 4.59. The predicted octanol–water partition coefficient (Wildman–Crippen LogP) is 1.46. The third-order valence-electron chi connectivity index (χ3n) is 4.59. The molecule has 2 heterocycles. The molecule has 1 N–H and O–H groups in total. The highest BCUT2D eigenvalue weighted by atomic mass is 16.6. The van der Waals surface area contributed by atoms with Crippen LogP contribution in [0.5, 0.6) is 0 Å². The van der Waals surface area contributed by atoms with E-state index in [4.69, 9.17) is 18.9 Å². The van der Waals surface area contributed by atoms with E-state index in [0.29, 0.717) is 5.56 Å². The average Bonchev–Trinajstić information content (AvgIpc) is 3.02. The summed E-state index contributed by atoms with van der Waals surface area (Å²) in [7, 11) is 0. The topological polar surface area (TPSA) is 113 Å². The van der Waals surface area contributed by atoms with Crippen molar-refractivity contribution in [1.29, 1.82) is 0 Å². The van der Waals surface area contributed by atoms with Gasteiger partial charge in [-0.25, -0.2) is 0 Å². The first-order valence-electron chi connectivity index (χ1n) is 9.14. The van der Waals surface area contributed by atoms with Crippen LogP contribution in [0.1, 0.15) is 32.6 Å². The second-order valence-corrected chi connectivity index (χ2v) is 6.76. The molecule has 0 amide bonds. The van der Waals surface area contributed by atoms with E-state index in [1.807, 2.05) is 24.3 Å². The summed E-state index contributed by atoms with van der Waals surface area (Å²) in [6.45, 7) is 3.41. The van der Waals surface area contributed by atoms with Gasteiger partial charge in [0.25, 0.3) is 0 Å². The largest absolute Gasteiger partial charge is 0.456 e. The zero-order valence-corrected chi connectivity index (χ0v) is 16.4. The first-order chi connectivity index (χ1) is 13.8. The lowest BCUT2D eigenvalue weighted by Crippen LogP contribution is -2.55. The summed E-state index contributed by atoms with van der Waals surface area (Å²) in [4.78, 5) is 35.0. The van der Waals surface area contributed by atoms with E-state index in [1.54, 1.807) is 10.8 Å². The Morgan fingerprint density at radius 3 is 2.28 bits per heavy atom. The molecule has 1 aromatic carbocycles. The third kappa shape index (κ3) is 4.41. The maximum atomic E-state index is 11.8. The quantitative estimate of drug-likeness (QED) is 0.588. The van der Waals surface area contributed by atoms with Gasteiger partial charge in [-0.1, -0.05) is 18.2 Å². The molecule has 9 heteroatoms. The van der Waals surface area contributed by atoms with E-state index < -0.39 is 42.4 Å². The van der Waals surface area contributed by atoms with Crippen LogP contribution in [0.15, 0.2) is 30.5 Å². The predicted molar refractivity (Wildman–Crippen MR) is 99.5 cm³/mol. The van der Waals surface area contributed by atoms with Crippen LogP contribution in [0.3, 0.4) is 0 Å². The molecule has 0 radical (unpaired) electrons. The van der Waals surface area contributed by atoms with Crippen molar-refractivity contribution in [2.45, 2.75) is 51.9 Å². The number of hydrogen-bond donors (Lipinski definition) is 1. The van der Waals surface area contributed by atoms with Gasteiger partial charge >= 0.3 is 17.9 Å². The van der Waals surface area contributed by atoms with Crippen LogP contribution in [-0.4, -0.2) is 52.5 Å². The van der Waals surface area contributed by atoms with Gasteiger partial charge in [0.1, 0.15) is 0 Å². The highest BCUT2D eigenvalue weighted by Gasteiger charge is 2.47. The Morgan fingerprint density at radius 1 is 1.03 bits per heavy atom. The SMILES string of the molecule is CC(=O)OC1COC(n2cc(CO)c3ccccc32)C(OC(C)=O)C1OC(C)=O. The van der Waals surface area contributed by atoms with Gasteiger partial charge in [-0.3, -0.25) is 14.4 Å². The molecule has 1 aromatic heterocycles. The molecule has 1 aliphatic rings. The molecule has 0 saturated carbocycles. The Bertz CT molecular complexity index is 920. The summed E-state index contributed by atoms with van der Waals surface area (Å²) >= 11 is 0. The maximum absolute atomic E-state index is 11.8. The van der Waals surface area contributed by atoms with Gasteiger partial charge in [-0.15, -0.1) is 0 Å². The summed E-state index contributed by atoms with van der Waals surface area (Å²) in [6, 6.07) is 7.36. The van der Waals surface area contributed by atoms with Crippen LogP contribution in [0, 0.1) is 0 Å². The summed E-state index contributed by atoms with van der Waals surface area (Å²) in [5.74, 6) is -1.80. The molecule has 2 aromatic rings. The number of aliphatic hydroxyl groups excluding tert-OH is 1. The summed E-state index contributed by atoms with van der Waals surface area (Å²) < 4.78 is 23.7. The molecule has 0 aliphatic carbocycles. The van der Waals surface area contributed by atoms with Crippen LogP contribution >= 0.6 is 0 Å². The number of rotatable bonds is 5.